The number of nitrogens with one attached hydrogen (secondary N) is 1. The summed E-state index contributed by atoms with van der Waals surface area (Å²) in [5, 5.41) is 2.75. The van der Waals surface area contributed by atoms with E-state index in [1.807, 2.05) is 44.2 Å². The molecule has 0 radical (unpaired) electrons. The molecular formula is C19H24N2O4. The van der Waals surface area contributed by atoms with Gasteiger partial charge in [-0.3, -0.25) is 4.79 Å². The van der Waals surface area contributed by atoms with Gasteiger partial charge in [-0.25, -0.2) is 9.78 Å². The van der Waals surface area contributed by atoms with Crippen LogP contribution < -0.4 is 5.32 Å². The highest BCUT2D eigenvalue weighted by Crippen LogP contribution is 2.21. The zero-order valence-corrected chi connectivity index (χ0v) is 15.0. The van der Waals surface area contributed by atoms with Crippen molar-refractivity contribution in [3.05, 3.63) is 41.8 Å². The normalized spacial score (nSPS) is 13.1. The highest BCUT2D eigenvalue weighted by Gasteiger charge is 2.27. The lowest BCUT2D eigenvalue weighted by Crippen LogP contribution is -2.46. The fraction of sp³-hybridized carbons (Fsp3) is 0.421. The summed E-state index contributed by atoms with van der Waals surface area (Å²) in [5.41, 5.74) is 1.41. The van der Waals surface area contributed by atoms with Crippen LogP contribution in [-0.4, -0.2) is 30.0 Å². The van der Waals surface area contributed by atoms with Crippen molar-refractivity contribution in [1.29, 1.82) is 0 Å². The first kappa shape index (κ1) is 18.7. The first-order chi connectivity index (χ1) is 12.0. The standard InChI is InChI=1S/C19H24N2O4/c1-5-12(2)17(19(23)24-4)21-16(22)11-15-13(3)25-18(20-15)14-9-7-6-8-10-14/h6-10,12,17H,5,11H2,1-4H3,(H,21,22)/t12-,17+/m1/s1. The lowest BCUT2D eigenvalue weighted by atomic mass is 9.99. The van der Waals surface area contributed by atoms with E-state index >= 15 is 0 Å². The van der Waals surface area contributed by atoms with Crippen molar-refractivity contribution < 1.29 is 18.7 Å². The van der Waals surface area contributed by atoms with Gasteiger partial charge in [-0.1, -0.05) is 38.5 Å². The summed E-state index contributed by atoms with van der Waals surface area (Å²) in [5.74, 6) is 0.324. The number of nitrogens with zero attached hydrogens (tertiary/aromatic N) is 1. The van der Waals surface area contributed by atoms with E-state index in [1.54, 1.807) is 6.92 Å². The van der Waals surface area contributed by atoms with Gasteiger partial charge < -0.3 is 14.5 Å². The molecule has 0 spiro atoms. The summed E-state index contributed by atoms with van der Waals surface area (Å²) < 4.78 is 10.4. The molecule has 0 saturated heterocycles. The van der Waals surface area contributed by atoms with Crippen molar-refractivity contribution in [1.82, 2.24) is 10.3 Å². The number of methoxy groups -OCH3 is 1. The Labute approximate surface area is 147 Å². The van der Waals surface area contributed by atoms with Gasteiger partial charge in [0.1, 0.15) is 11.8 Å². The van der Waals surface area contributed by atoms with Gasteiger partial charge in [0.25, 0.3) is 0 Å². The molecule has 1 N–H and O–H groups in total. The second kappa shape index (κ2) is 8.46. The average molecular weight is 344 g/mol. The fourth-order valence-electron chi connectivity index (χ4n) is 2.47. The fourth-order valence-corrected chi connectivity index (χ4v) is 2.47. The molecule has 2 aromatic rings. The zero-order chi connectivity index (χ0) is 18.4. The van der Waals surface area contributed by atoms with Crippen LogP contribution in [-0.2, 0) is 20.7 Å². The van der Waals surface area contributed by atoms with Gasteiger partial charge in [0.2, 0.25) is 11.8 Å². The van der Waals surface area contributed by atoms with Crippen molar-refractivity contribution in [2.75, 3.05) is 7.11 Å². The van der Waals surface area contributed by atoms with Crippen molar-refractivity contribution in [2.45, 2.75) is 39.7 Å². The van der Waals surface area contributed by atoms with Crippen molar-refractivity contribution >= 4 is 11.9 Å². The van der Waals surface area contributed by atoms with Gasteiger partial charge in [-0.15, -0.1) is 0 Å². The monoisotopic (exact) mass is 344 g/mol. The summed E-state index contributed by atoms with van der Waals surface area (Å²) in [7, 11) is 1.32. The second-order valence-electron chi connectivity index (χ2n) is 6.02. The third-order valence-electron chi connectivity index (χ3n) is 4.23. The number of esters is 1. The summed E-state index contributed by atoms with van der Waals surface area (Å²) >= 11 is 0. The van der Waals surface area contributed by atoms with Crippen LogP contribution in [0.4, 0.5) is 0 Å². The molecule has 0 aliphatic carbocycles. The van der Waals surface area contributed by atoms with Crippen molar-refractivity contribution in [2.24, 2.45) is 5.92 Å². The van der Waals surface area contributed by atoms with E-state index in [9.17, 15) is 9.59 Å². The predicted octanol–water partition coefficient (Wildman–Crippen LogP) is 2.90. The SMILES string of the molecule is CC[C@@H](C)[C@H](NC(=O)Cc1nc(-c2ccccc2)oc1C)C(=O)OC. The van der Waals surface area contributed by atoms with Crippen LogP contribution in [0.25, 0.3) is 11.5 Å². The largest absolute Gasteiger partial charge is 0.467 e. The van der Waals surface area contributed by atoms with Crippen LogP contribution >= 0.6 is 0 Å². The number of benzene rings is 1. The minimum Gasteiger partial charge on any atom is -0.467 e. The van der Waals surface area contributed by atoms with Gasteiger partial charge in [-0.05, 0) is 25.0 Å². The van der Waals surface area contributed by atoms with E-state index < -0.39 is 12.0 Å². The maximum Gasteiger partial charge on any atom is 0.328 e. The van der Waals surface area contributed by atoms with Crippen LogP contribution in [0, 0.1) is 12.8 Å². The number of amides is 1. The number of aryl methyl sites for hydroxylation is 1. The molecule has 1 aromatic carbocycles. The molecule has 0 fully saturated rings. The molecule has 2 rings (SSSR count). The highest BCUT2D eigenvalue weighted by molar-refractivity contribution is 5.85. The predicted molar refractivity (Wildman–Crippen MR) is 93.8 cm³/mol. The smallest absolute Gasteiger partial charge is 0.328 e. The molecule has 0 aliphatic heterocycles. The lowest BCUT2D eigenvalue weighted by molar-refractivity contribution is -0.146. The Morgan fingerprint density at radius 1 is 1.28 bits per heavy atom. The summed E-state index contributed by atoms with van der Waals surface area (Å²) in [6.07, 6.45) is 0.799. The number of rotatable bonds is 7. The minimum atomic E-state index is -0.664. The first-order valence-electron chi connectivity index (χ1n) is 8.35. The maximum absolute atomic E-state index is 12.4. The number of ether oxygens (including phenoxy) is 1. The molecule has 0 unspecified atom stereocenters. The topological polar surface area (TPSA) is 81.4 Å². The van der Waals surface area contributed by atoms with Crippen LogP contribution in [0.5, 0.6) is 0 Å². The lowest BCUT2D eigenvalue weighted by Gasteiger charge is -2.21. The number of hydrogen-bond donors (Lipinski definition) is 1. The van der Waals surface area contributed by atoms with Gasteiger partial charge >= 0.3 is 5.97 Å². The number of oxazole rings is 1. The molecule has 0 saturated carbocycles. The molecule has 134 valence electrons. The van der Waals surface area contributed by atoms with Gasteiger partial charge in [0.15, 0.2) is 0 Å². The van der Waals surface area contributed by atoms with Crippen molar-refractivity contribution in [3.63, 3.8) is 0 Å². The molecule has 2 atom stereocenters. The summed E-state index contributed by atoms with van der Waals surface area (Å²) in [6.45, 7) is 5.63. The van der Waals surface area contributed by atoms with E-state index in [-0.39, 0.29) is 18.2 Å². The number of aromatic nitrogens is 1. The summed E-state index contributed by atoms with van der Waals surface area (Å²) in [4.78, 5) is 28.7. The number of carbonyl (C=O) groups excluding carboxylic acids is 2. The molecule has 1 aromatic heterocycles. The molecule has 25 heavy (non-hydrogen) atoms. The Hall–Kier alpha value is -2.63. The van der Waals surface area contributed by atoms with E-state index in [0.717, 1.165) is 12.0 Å². The second-order valence-corrected chi connectivity index (χ2v) is 6.02. The van der Waals surface area contributed by atoms with E-state index in [0.29, 0.717) is 17.3 Å². The molecule has 6 nitrogen and oxygen atoms in total. The zero-order valence-electron chi connectivity index (χ0n) is 15.0. The molecule has 6 heteroatoms. The Balaban J connectivity index is 2.10. The molecule has 1 heterocycles. The highest BCUT2D eigenvalue weighted by atomic mass is 16.5. The van der Waals surface area contributed by atoms with Crippen LogP contribution in [0.1, 0.15) is 31.7 Å². The van der Waals surface area contributed by atoms with Crippen LogP contribution in [0.2, 0.25) is 0 Å². The maximum atomic E-state index is 12.4. The van der Waals surface area contributed by atoms with E-state index in [2.05, 4.69) is 10.3 Å². The van der Waals surface area contributed by atoms with Crippen molar-refractivity contribution in [3.8, 4) is 11.5 Å². The van der Waals surface area contributed by atoms with Crippen LogP contribution in [0.3, 0.4) is 0 Å². The van der Waals surface area contributed by atoms with Crippen LogP contribution in [0.15, 0.2) is 34.7 Å². The molecule has 1 amide bonds. The van der Waals surface area contributed by atoms with Gasteiger partial charge in [0.05, 0.1) is 19.2 Å². The number of hydrogen-bond acceptors (Lipinski definition) is 5. The third-order valence-corrected chi connectivity index (χ3v) is 4.23. The molecular weight excluding hydrogens is 320 g/mol. The Morgan fingerprint density at radius 2 is 1.96 bits per heavy atom. The minimum absolute atomic E-state index is 0.0188. The first-order valence-corrected chi connectivity index (χ1v) is 8.35. The van der Waals surface area contributed by atoms with E-state index in [4.69, 9.17) is 9.15 Å². The Kier molecular flexibility index (Phi) is 6.33. The third kappa shape index (κ3) is 4.68. The Morgan fingerprint density at radius 3 is 2.56 bits per heavy atom. The summed E-state index contributed by atoms with van der Waals surface area (Å²) in [6, 6.07) is 8.83. The average Bonchev–Trinajstić information content (AvgIpc) is 2.99. The van der Waals surface area contributed by atoms with E-state index in [1.165, 1.54) is 7.11 Å². The number of carbonyl (C=O) groups is 2. The van der Waals surface area contributed by atoms with Gasteiger partial charge in [0, 0.05) is 5.56 Å². The molecule has 0 bridgehead atoms. The molecule has 0 aliphatic rings. The Bertz CT molecular complexity index is 724. The van der Waals surface area contributed by atoms with Gasteiger partial charge in [-0.2, -0.15) is 0 Å². The quantitative estimate of drug-likeness (QED) is 0.781.